The molecular weight excluding hydrogens is 196 g/mol. The average molecular weight is 211 g/mol. The number of aryl methyl sites for hydroxylation is 1. The first-order chi connectivity index (χ1) is 6.81. The van der Waals surface area contributed by atoms with Gasteiger partial charge < -0.3 is 11.1 Å². The minimum Gasteiger partial charge on any atom is -0.329 e. The molecule has 0 saturated carbocycles. The first-order valence-corrected chi connectivity index (χ1v) is 5.41. The van der Waals surface area contributed by atoms with Gasteiger partial charge in [-0.25, -0.2) is 0 Å². The number of fused-ring (bicyclic) bond motifs is 1. The van der Waals surface area contributed by atoms with E-state index in [1.807, 2.05) is 6.07 Å². The zero-order chi connectivity index (χ0) is 9.97. The lowest BCUT2D eigenvalue weighted by Gasteiger charge is -2.12. The van der Waals surface area contributed by atoms with Crippen molar-refractivity contribution in [3.63, 3.8) is 0 Å². The fraction of sp³-hybridized carbons (Fsp3) is 0.455. The van der Waals surface area contributed by atoms with Crippen molar-refractivity contribution in [1.82, 2.24) is 5.32 Å². The van der Waals surface area contributed by atoms with E-state index in [2.05, 4.69) is 17.4 Å². The predicted molar refractivity (Wildman–Crippen MR) is 59.6 cm³/mol. The molecule has 1 unspecified atom stereocenters. The van der Waals surface area contributed by atoms with Gasteiger partial charge in [0.15, 0.2) is 0 Å². The third-order valence-corrected chi connectivity index (χ3v) is 2.95. The molecule has 3 N–H and O–H groups in total. The fourth-order valence-electron chi connectivity index (χ4n) is 2.06. The van der Waals surface area contributed by atoms with Gasteiger partial charge >= 0.3 is 0 Å². The Labute approximate surface area is 89.4 Å². The van der Waals surface area contributed by atoms with Crippen LogP contribution in [0.25, 0.3) is 0 Å². The molecule has 0 aliphatic heterocycles. The van der Waals surface area contributed by atoms with E-state index >= 15 is 0 Å². The van der Waals surface area contributed by atoms with Gasteiger partial charge in [0.1, 0.15) is 0 Å². The number of hydrogen-bond acceptors (Lipinski definition) is 2. The van der Waals surface area contributed by atoms with E-state index in [9.17, 15) is 0 Å². The van der Waals surface area contributed by atoms with E-state index in [0.717, 1.165) is 24.4 Å². The molecule has 76 valence electrons. The van der Waals surface area contributed by atoms with Crippen LogP contribution in [-0.2, 0) is 6.42 Å². The second-order valence-electron chi connectivity index (χ2n) is 3.68. The topological polar surface area (TPSA) is 38.0 Å². The summed E-state index contributed by atoms with van der Waals surface area (Å²) in [6.07, 6.45) is 2.29. The molecule has 1 aromatic rings. The largest absolute Gasteiger partial charge is 0.329 e. The van der Waals surface area contributed by atoms with E-state index in [0.29, 0.717) is 12.6 Å². The molecule has 0 amide bonds. The van der Waals surface area contributed by atoms with E-state index in [4.69, 9.17) is 17.3 Å². The maximum Gasteiger partial charge on any atom is 0.0408 e. The lowest BCUT2D eigenvalue weighted by atomic mass is 10.1. The highest BCUT2D eigenvalue weighted by molar-refractivity contribution is 6.30. The standard InChI is InChI=1S/C11H15ClN2/c12-9-2-3-10-8(7-9)1-4-11(10)14-6-5-13/h2-3,7,11,14H,1,4-6,13H2. The van der Waals surface area contributed by atoms with Gasteiger partial charge in [0, 0.05) is 24.2 Å². The Balaban J connectivity index is 2.14. The first kappa shape index (κ1) is 9.97. The molecule has 0 saturated heterocycles. The Morgan fingerprint density at radius 1 is 1.50 bits per heavy atom. The third-order valence-electron chi connectivity index (χ3n) is 2.72. The van der Waals surface area contributed by atoms with Crippen molar-refractivity contribution in [2.75, 3.05) is 13.1 Å². The zero-order valence-corrected chi connectivity index (χ0v) is 8.85. The smallest absolute Gasteiger partial charge is 0.0408 e. The highest BCUT2D eigenvalue weighted by atomic mass is 35.5. The van der Waals surface area contributed by atoms with Crippen LogP contribution in [0, 0.1) is 0 Å². The van der Waals surface area contributed by atoms with Crippen LogP contribution in [0.2, 0.25) is 5.02 Å². The van der Waals surface area contributed by atoms with Crippen LogP contribution in [-0.4, -0.2) is 13.1 Å². The van der Waals surface area contributed by atoms with Crippen molar-refractivity contribution in [2.45, 2.75) is 18.9 Å². The van der Waals surface area contributed by atoms with Crippen LogP contribution in [0.5, 0.6) is 0 Å². The summed E-state index contributed by atoms with van der Waals surface area (Å²) in [5.41, 5.74) is 8.24. The van der Waals surface area contributed by atoms with Gasteiger partial charge in [-0.2, -0.15) is 0 Å². The first-order valence-electron chi connectivity index (χ1n) is 5.03. The highest BCUT2D eigenvalue weighted by Crippen LogP contribution is 2.32. The highest BCUT2D eigenvalue weighted by Gasteiger charge is 2.21. The number of halogens is 1. The van der Waals surface area contributed by atoms with E-state index in [1.165, 1.54) is 11.1 Å². The van der Waals surface area contributed by atoms with Crippen molar-refractivity contribution < 1.29 is 0 Å². The minimum atomic E-state index is 0.478. The molecule has 1 aliphatic rings. The molecule has 1 aromatic carbocycles. The summed E-state index contributed by atoms with van der Waals surface area (Å²) >= 11 is 5.94. The number of hydrogen-bond donors (Lipinski definition) is 2. The molecular formula is C11H15ClN2. The van der Waals surface area contributed by atoms with Crippen LogP contribution in [0.15, 0.2) is 18.2 Å². The molecule has 2 rings (SSSR count). The van der Waals surface area contributed by atoms with E-state index in [-0.39, 0.29) is 0 Å². The molecule has 0 spiro atoms. The summed E-state index contributed by atoms with van der Waals surface area (Å²) in [7, 11) is 0. The Hall–Kier alpha value is -0.570. The second kappa shape index (κ2) is 4.30. The van der Waals surface area contributed by atoms with Crippen LogP contribution in [0.3, 0.4) is 0 Å². The molecule has 14 heavy (non-hydrogen) atoms. The number of benzene rings is 1. The zero-order valence-electron chi connectivity index (χ0n) is 8.09. The summed E-state index contributed by atoms with van der Waals surface area (Å²) in [6, 6.07) is 6.63. The summed E-state index contributed by atoms with van der Waals surface area (Å²) in [6.45, 7) is 1.58. The van der Waals surface area contributed by atoms with Crippen LogP contribution >= 0.6 is 11.6 Å². The van der Waals surface area contributed by atoms with Crippen molar-refractivity contribution in [1.29, 1.82) is 0 Å². The Morgan fingerprint density at radius 2 is 2.36 bits per heavy atom. The number of nitrogens with two attached hydrogens (primary N) is 1. The number of nitrogens with one attached hydrogen (secondary N) is 1. The van der Waals surface area contributed by atoms with Gasteiger partial charge in [0.05, 0.1) is 0 Å². The Kier molecular flexibility index (Phi) is 3.06. The van der Waals surface area contributed by atoms with Crippen LogP contribution < -0.4 is 11.1 Å². The molecule has 1 aliphatic carbocycles. The average Bonchev–Trinajstić information content (AvgIpc) is 2.57. The quantitative estimate of drug-likeness (QED) is 0.800. The van der Waals surface area contributed by atoms with Crippen molar-refractivity contribution in [3.05, 3.63) is 34.3 Å². The normalized spacial score (nSPS) is 19.7. The maximum atomic E-state index is 5.94. The van der Waals surface area contributed by atoms with E-state index in [1.54, 1.807) is 0 Å². The van der Waals surface area contributed by atoms with Gasteiger partial charge in [0.25, 0.3) is 0 Å². The fourth-order valence-corrected chi connectivity index (χ4v) is 2.25. The Bertz CT molecular complexity index is 325. The molecule has 0 radical (unpaired) electrons. The van der Waals surface area contributed by atoms with E-state index < -0.39 is 0 Å². The molecule has 0 fully saturated rings. The van der Waals surface area contributed by atoms with Crippen molar-refractivity contribution in [3.8, 4) is 0 Å². The van der Waals surface area contributed by atoms with Gasteiger partial charge in [-0.05, 0) is 36.1 Å². The maximum absolute atomic E-state index is 5.94. The Morgan fingerprint density at radius 3 is 3.14 bits per heavy atom. The van der Waals surface area contributed by atoms with Gasteiger partial charge in [-0.15, -0.1) is 0 Å². The summed E-state index contributed by atoms with van der Waals surface area (Å²) in [5, 5.41) is 4.28. The lowest BCUT2D eigenvalue weighted by molar-refractivity contribution is 0.538. The van der Waals surface area contributed by atoms with Gasteiger partial charge in [-0.3, -0.25) is 0 Å². The summed E-state index contributed by atoms with van der Waals surface area (Å²) < 4.78 is 0. The van der Waals surface area contributed by atoms with Gasteiger partial charge in [-0.1, -0.05) is 17.7 Å². The predicted octanol–water partition coefficient (Wildman–Crippen LogP) is 1.88. The minimum absolute atomic E-state index is 0.478. The second-order valence-corrected chi connectivity index (χ2v) is 4.11. The molecule has 1 atom stereocenters. The summed E-state index contributed by atoms with van der Waals surface area (Å²) in [5.74, 6) is 0. The SMILES string of the molecule is NCCNC1CCc2cc(Cl)ccc21. The molecule has 0 bridgehead atoms. The summed E-state index contributed by atoms with van der Waals surface area (Å²) in [4.78, 5) is 0. The molecule has 2 nitrogen and oxygen atoms in total. The molecule has 3 heteroatoms. The third kappa shape index (κ3) is 1.92. The van der Waals surface area contributed by atoms with Crippen molar-refractivity contribution in [2.24, 2.45) is 5.73 Å². The lowest BCUT2D eigenvalue weighted by Crippen LogP contribution is -2.25. The van der Waals surface area contributed by atoms with Gasteiger partial charge in [0.2, 0.25) is 0 Å². The van der Waals surface area contributed by atoms with Crippen molar-refractivity contribution >= 4 is 11.6 Å². The van der Waals surface area contributed by atoms with Crippen LogP contribution in [0.4, 0.5) is 0 Å². The molecule has 0 aromatic heterocycles. The molecule has 0 heterocycles. The van der Waals surface area contributed by atoms with Crippen LogP contribution in [0.1, 0.15) is 23.6 Å². The monoisotopic (exact) mass is 210 g/mol. The number of rotatable bonds is 3.